The van der Waals surface area contributed by atoms with Gasteiger partial charge in [0, 0.05) is 43.3 Å². The van der Waals surface area contributed by atoms with Gasteiger partial charge in [0.2, 0.25) is 5.91 Å². The fourth-order valence-electron chi connectivity index (χ4n) is 4.58. The van der Waals surface area contributed by atoms with Crippen LogP contribution in [-0.2, 0) is 14.6 Å². The van der Waals surface area contributed by atoms with E-state index in [1.165, 1.54) is 0 Å². The van der Waals surface area contributed by atoms with E-state index in [1.54, 1.807) is 18.5 Å². The lowest BCUT2D eigenvalue weighted by Crippen LogP contribution is -2.41. The second-order valence-corrected chi connectivity index (χ2v) is 11.3. The molecule has 0 bridgehead atoms. The molecule has 10 heteroatoms. The van der Waals surface area contributed by atoms with Gasteiger partial charge in [0.05, 0.1) is 17.2 Å². The van der Waals surface area contributed by atoms with Crippen molar-refractivity contribution in [3.8, 4) is 0 Å². The predicted octanol–water partition coefficient (Wildman–Crippen LogP) is 3.42. The first-order valence-corrected chi connectivity index (χ1v) is 13.5. The Morgan fingerprint density at radius 1 is 0.971 bits per heavy atom. The highest BCUT2D eigenvalue weighted by Crippen LogP contribution is 2.27. The molecular weight excluding hydrogens is 466 g/mol. The van der Waals surface area contributed by atoms with Crippen LogP contribution >= 0.6 is 0 Å². The van der Waals surface area contributed by atoms with Gasteiger partial charge in [0.15, 0.2) is 0 Å². The Morgan fingerprint density at radius 3 is 2.40 bits per heavy atom. The van der Waals surface area contributed by atoms with Crippen molar-refractivity contribution in [2.75, 3.05) is 35.2 Å². The number of carbonyl (C=O) groups is 2. The number of nitrogens with one attached hydrogen (secondary N) is 2. The van der Waals surface area contributed by atoms with Crippen molar-refractivity contribution in [3.63, 3.8) is 0 Å². The zero-order chi connectivity index (χ0) is 24.4. The largest absolute Gasteiger partial charge is 0.338 e. The Bertz CT molecular complexity index is 1380. The summed E-state index contributed by atoms with van der Waals surface area (Å²) in [6.07, 6.45) is 8.95. The third-order valence-electron chi connectivity index (χ3n) is 6.58. The summed E-state index contributed by atoms with van der Waals surface area (Å²) in [5.74, 6) is 0.0903. The molecule has 0 aliphatic carbocycles. The standard InChI is InChI=1S/C25H27N5O4S/c31-24(20-9-15-35(33,34)16-10-20)29-12-7-19(8-13-29)18-1-3-21(4-2-18)27-25(32)28-22-5-6-23-26-11-14-30(23)17-22/h1-7,11,14,17,20H,8-10,12-13,15-16H2,(H2,27,28,32). The van der Waals surface area contributed by atoms with Gasteiger partial charge in [-0.1, -0.05) is 18.2 Å². The number of sulfone groups is 1. The van der Waals surface area contributed by atoms with E-state index in [0.29, 0.717) is 37.3 Å². The summed E-state index contributed by atoms with van der Waals surface area (Å²) in [7, 11) is -2.97. The molecule has 5 rings (SSSR count). The molecule has 3 amide bonds. The second-order valence-electron chi connectivity index (χ2n) is 8.96. The minimum Gasteiger partial charge on any atom is -0.338 e. The van der Waals surface area contributed by atoms with E-state index >= 15 is 0 Å². The van der Waals surface area contributed by atoms with Gasteiger partial charge in [-0.15, -0.1) is 0 Å². The average molecular weight is 494 g/mol. The minimum atomic E-state index is -2.97. The third-order valence-corrected chi connectivity index (χ3v) is 8.30. The Balaban J connectivity index is 1.15. The van der Waals surface area contributed by atoms with Crippen LogP contribution in [0.1, 0.15) is 24.8 Å². The van der Waals surface area contributed by atoms with Crippen LogP contribution in [0.5, 0.6) is 0 Å². The van der Waals surface area contributed by atoms with Crippen molar-refractivity contribution in [1.29, 1.82) is 0 Å². The zero-order valence-corrected chi connectivity index (χ0v) is 20.0. The van der Waals surface area contributed by atoms with Crippen molar-refractivity contribution < 1.29 is 18.0 Å². The third kappa shape index (κ3) is 5.37. The number of amides is 3. The van der Waals surface area contributed by atoms with Crippen LogP contribution in [0, 0.1) is 5.92 Å². The lowest BCUT2D eigenvalue weighted by atomic mass is 9.96. The van der Waals surface area contributed by atoms with Crippen molar-refractivity contribution in [2.45, 2.75) is 19.3 Å². The Labute approximate surface area is 203 Å². The number of anilines is 2. The zero-order valence-electron chi connectivity index (χ0n) is 19.2. The van der Waals surface area contributed by atoms with Crippen LogP contribution in [0.2, 0.25) is 0 Å². The number of hydrogen-bond donors (Lipinski definition) is 2. The van der Waals surface area contributed by atoms with E-state index in [1.807, 2.05) is 45.8 Å². The van der Waals surface area contributed by atoms with Crippen LogP contribution in [-0.4, -0.2) is 59.2 Å². The smallest absolute Gasteiger partial charge is 0.323 e. The Hall–Kier alpha value is -3.66. The van der Waals surface area contributed by atoms with Gasteiger partial charge >= 0.3 is 6.03 Å². The average Bonchev–Trinajstić information content (AvgIpc) is 3.32. The summed E-state index contributed by atoms with van der Waals surface area (Å²) in [6, 6.07) is 10.9. The molecule has 4 heterocycles. The van der Waals surface area contributed by atoms with Gasteiger partial charge in [-0.05, 0) is 54.7 Å². The number of carbonyl (C=O) groups excluding carboxylic acids is 2. The number of nitrogens with zero attached hydrogens (tertiary/aromatic N) is 3. The molecule has 1 aromatic carbocycles. The quantitative estimate of drug-likeness (QED) is 0.578. The number of aromatic nitrogens is 2. The van der Waals surface area contributed by atoms with E-state index in [0.717, 1.165) is 23.2 Å². The summed E-state index contributed by atoms with van der Waals surface area (Å²) in [4.78, 5) is 31.2. The molecule has 0 unspecified atom stereocenters. The second kappa shape index (κ2) is 9.53. The number of benzene rings is 1. The van der Waals surface area contributed by atoms with E-state index in [9.17, 15) is 18.0 Å². The predicted molar refractivity (Wildman–Crippen MR) is 135 cm³/mol. The molecule has 2 N–H and O–H groups in total. The number of rotatable bonds is 4. The van der Waals surface area contributed by atoms with Crippen LogP contribution in [0.25, 0.3) is 11.2 Å². The molecule has 0 radical (unpaired) electrons. The molecule has 3 aromatic rings. The molecule has 2 aromatic heterocycles. The van der Waals surface area contributed by atoms with Gasteiger partial charge in [-0.25, -0.2) is 18.2 Å². The number of fused-ring (bicyclic) bond motifs is 1. The molecule has 1 saturated heterocycles. The maximum absolute atomic E-state index is 12.8. The molecule has 0 spiro atoms. The molecular formula is C25H27N5O4S. The first-order chi connectivity index (χ1) is 16.9. The molecule has 1 fully saturated rings. The highest BCUT2D eigenvalue weighted by Gasteiger charge is 2.31. The lowest BCUT2D eigenvalue weighted by molar-refractivity contribution is -0.135. The van der Waals surface area contributed by atoms with E-state index in [4.69, 9.17) is 0 Å². The van der Waals surface area contributed by atoms with Gasteiger partial charge < -0.3 is 19.9 Å². The summed E-state index contributed by atoms with van der Waals surface area (Å²) in [5.41, 5.74) is 4.35. The number of urea groups is 1. The lowest BCUT2D eigenvalue weighted by Gasteiger charge is -2.31. The molecule has 9 nitrogen and oxygen atoms in total. The monoisotopic (exact) mass is 493 g/mol. The molecule has 0 atom stereocenters. The summed E-state index contributed by atoms with van der Waals surface area (Å²) in [5, 5.41) is 5.65. The molecule has 2 aliphatic rings. The summed E-state index contributed by atoms with van der Waals surface area (Å²) >= 11 is 0. The van der Waals surface area contributed by atoms with Crippen molar-refractivity contribution >= 4 is 44.4 Å². The number of pyridine rings is 1. The highest BCUT2D eigenvalue weighted by atomic mass is 32.2. The Kier molecular flexibility index (Phi) is 6.29. The maximum atomic E-state index is 12.8. The van der Waals surface area contributed by atoms with Gasteiger partial charge in [0.25, 0.3) is 0 Å². The van der Waals surface area contributed by atoms with Crippen LogP contribution < -0.4 is 10.6 Å². The fourth-order valence-corrected chi connectivity index (χ4v) is 6.07. The van der Waals surface area contributed by atoms with Crippen LogP contribution in [0.4, 0.5) is 16.2 Å². The normalized spacial score (nSPS) is 18.2. The van der Waals surface area contributed by atoms with E-state index in [-0.39, 0.29) is 29.4 Å². The first kappa shape index (κ1) is 23.1. The maximum Gasteiger partial charge on any atom is 0.323 e. The van der Waals surface area contributed by atoms with Crippen molar-refractivity contribution in [1.82, 2.24) is 14.3 Å². The topological polar surface area (TPSA) is 113 Å². The number of imidazole rings is 1. The van der Waals surface area contributed by atoms with Crippen molar-refractivity contribution in [2.24, 2.45) is 5.92 Å². The first-order valence-electron chi connectivity index (χ1n) is 11.7. The van der Waals surface area contributed by atoms with Crippen LogP contribution in [0.15, 0.2) is 61.1 Å². The molecule has 0 saturated carbocycles. The van der Waals surface area contributed by atoms with Crippen molar-refractivity contribution in [3.05, 3.63) is 66.6 Å². The van der Waals surface area contributed by atoms with E-state index in [2.05, 4.69) is 21.7 Å². The molecule has 35 heavy (non-hydrogen) atoms. The summed E-state index contributed by atoms with van der Waals surface area (Å²) < 4.78 is 25.1. The fraction of sp³-hybridized carbons (Fsp3) is 0.320. The Morgan fingerprint density at radius 2 is 1.69 bits per heavy atom. The van der Waals surface area contributed by atoms with Crippen LogP contribution in [0.3, 0.4) is 0 Å². The minimum absolute atomic E-state index is 0.0629. The summed E-state index contributed by atoms with van der Waals surface area (Å²) in [6.45, 7) is 1.15. The van der Waals surface area contributed by atoms with Gasteiger partial charge in [-0.2, -0.15) is 0 Å². The van der Waals surface area contributed by atoms with E-state index < -0.39 is 9.84 Å². The molecule has 182 valence electrons. The highest BCUT2D eigenvalue weighted by molar-refractivity contribution is 7.91. The molecule has 2 aliphatic heterocycles. The van der Waals surface area contributed by atoms with Gasteiger partial charge in [0.1, 0.15) is 15.5 Å². The SMILES string of the molecule is O=C(Nc1ccc(C2=CCN(C(=O)C3CCS(=O)(=O)CC3)CC2)cc1)Nc1ccc2nccn2c1. The van der Waals surface area contributed by atoms with Gasteiger partial charge in [-0.3, -0.25) is 4.79 Å². The number of hydrogen-bond acceptors (Lipinski definition) is 5.